The van der Waals surface area contributed by atoms with Crippen LogP contribution in [-0.2, 0) is 13.0 Å². The standard InChI is InChI=1S/C16H17BrN4O/c1-10-3-4-15-20-12(9-21(15)8-10)5-19-16(22)13-6-18-7-14(17)11(13)2/h6-9H,3-5H2,1-2H3,(H,19,22). The predicted molar refractivity (Wildman–Crippen MR) is 88.3 cm³/mol. The van der Waals surface area contributed by atoms with Crippen LogP contribution >= 0.6 is 15.9 Å². The number of halogens is 1. The maximum absolute atomic E-state index is 12.3. The van der Waals surface area contributed by atoms with Crippen molar-refractivity contribution in [1.82, 2.24) is 19.9 Å². The molecule has 2 aromatic heterocycles. The number of hydrogen-bond acceptors (Lipinski definition) is 3. The van der Waals surface area contributed by atoms with E-state index < -0.39 is 0 Å². The quantitative estimate of drug-likeness (QED) is 0.914. The highest BCUT2D eigenvalue weighted by Crippen LogP contribution is 2.19. The van der Waals surface area contributed by atoms with Crippen molar-refractivity contribution in [1.29, 1.82) is 0 Å². The second kappa shape index (κ2) is 6.04. The molecule has 0 aliphatic carbocycles. The molecule has 1 N–H and O–H groups in total. The van der Waals surface area contributed by atoms with Crippen LogP contribution in [0.25, 0.3) is 6.20 Å². The number of nitrogens with one attached hydrogen (secondary N) is 1. The summed E-state index contributed by atoms with van der Waals surface area (Å²) in [6.07, 6.45) is 9.34. The molecule has 6 heteroatoms. The lowest BCUT2D eigenvalue weighted by Gasteiger charge is -2.10. The molecule has 0 aromatic carbocycles. The third-order valence-electron chi connectivity index (χ3n) is 3.79. The van der Waals surface area contributed by atoms with E-state index in [4.69, 9.17) is 0 Å². The van der Waals surface area contributed by atoms with Crippen LogP contribution in [0.5, 0.6) is 0 Å². The number of hydrogen-bond donors (Lipinski definition) is 1. The highest BCUT2D eigenvalue weighted by Gasteiger charge is 2.14. The summed E-state index contributed by atoms with van der Waals surface area (Å²) in [5.74, 6) is 0.916. The molecule has 1 amide bonds. The van der Waals surface area contributed by atoms with E-state index in [9.17, 15) is 4.79 Å². The Morgan fingerprint density at radius 1 is 1.36 bits per heavy atom. The summed E-state index contributed by atoms with van der Waals surface area (Å²) in [6, 6.07) is 0. The lowest BCUT2D eigenvalue weighted by Crippen LogP contribution is -2.24. The summed E-state index contributed by atoms with van der Waals surface area (Å²) in [4.78, 5) is 20.9. The predicted octanol–water partition coefficient (Wildman–Crippen LogP) is 3.09. The van der Waals surface area contributed by atoms with Crippen molar-refractivity contribution in [3.8, 4) is 0 Å². The molecule has 0 saturated carbocycles. The summed E-state index contributed by atoms with van der Waals surface area (Å²) in [6.45, 7) is 4.43. The molecule has 1 aliphatic heterocycles. The summed E-state index contributed by atoms with van der Waals surface area (Å²) in [7, 11) is 0. The van der Waals surface area contributed by atoms with Gasteiger partial charge in [0.1, 0.15) is 5.82 Å². The molecule has 0 atom stereocenters. The number of carbonyl (C=O) groups excluding carboxylic acids is 1. The number of aryl methyl sites for hydroxylation is 1. The normalized spacial score (nSPS) is 13.5. The van der Waals surface area contributed by atoms with Gasteiger partial charge in [-0.1, -0.05) is 5.57 Å². The summed E-state index contributed by atoms with van der Waals surface area (Å²) < 4.78 is 2.88. The number of rotatable bonds is 3. The van der Waals surface area contributed by atoms with Crippen molar-refractivity contribution >= 4 is 28.0 Å². The van der Waals surface area contributed by atoms with Crippen molar-refractivity contribution in [2.75, 3.05) is 0 Å². The van der Waals surface area contributed by atoms with Crippen LogP contribution in [0.3, 0.4) is 0 Å². The summed E-state index contributed by atoms with van der Waals surface area (Å²) in [5, 5.41) is 2.91. The van der Waals surface area contributed by atoms with E-state index in [1.807, 2.05) is 17.7 Å². The number of carbonyl (C=O) groups is 1. The Kier molecular flexibility index (Phi) is 4.11. The zero-order valence-corrected chi connectivity index (χ0v) is 14.1. The fraction of sp³-hybridized carbons (Fsp3) is 0.312. The molecule has 3 heterocycles. The van der Waals surface area contributed by atoms with Gasteiger partial charge in [0.2, 0.25) is 0 Å². The molecule has 5 nitrogen and oxygen atoms in total. The Balaban J connectivity index is 1.71. The first kappa shape index (κ1) is 15.0. The molecule has 114 valence electrons. The third-order valence-corrected chi connectivity index (χ3v) is 4.59. The first-order valence-corrected chi connectivity index (χ1v) is 7.96. The molecule has 1 aliphatic rings. The summed E-state index contributed by atoms with van der Waals surface area (Å²) in [5.41, 5.74) is 3.68. The van der Waals surface area contributed by atoms with Gasteiger partial charge in [-0.3, -0.25) is 9.78 Å². The van der Waals surface area contributed by atoms with Gasteiger partial charge in [-0.25, -0.2) is 4.98 Å². The van der Waals surface area contributed by atoms with E-state index in [0.29, 0.717) is 12.1 Å². The van der Waals surface area contributed by atoms with Gasteiger partial charge in [0, 0.05) is 35.7 Å². The highest BCUT2D eigenvalue weighted by molar-refractivity contribution is 9.10. The molecule has 0 bridgehead atoms. The Labute approximate surface area is 137 Å². The number of amides is 1. The molecule has 0 radical (unpaired) electrons. The first-order valence-electron chi connectivity index (χ1n) is 7.17. The van der Waals surface area contributed by atoms with Crippen molar-refractivity contribution in [2.24, 2.45) is 0 Å². The lowest BCUT2D eigenvalue weighted by molar-refractivity contribution is 0.0949. The van der Waals surface area contributed by atoms with Crippen LogP contribution in [0.1, 0.15) is 40.8 Å². The van der Waals surface area contributed by atoms with Gasteiger partial charge in [-0.2, -0.15) is 0 Å². The van der Waals surface area contributed by atoms with E-state index in [0.717, 1.165) is 34.4 Å². The zero-order chi connectivity index (χ0) is 15.7. The average Bonchev–Trinajstić information content (AvgIpc) is 2.89. The number of imidazole rings is 1. The molecule has 22 heavy (non-hydrogen) atoms. The Bertz CT molecular complexity index is 764. The Hall–Kier alpha value is -1.95. The van der Waals surface area contributed by atoms with E-state index in [2.05, 4.69) is 44.3 Å². The maximum atomic E-state index is 12.3. The number of pyridine rings is 1. The second-order valence-electron chi connectivity index (χ2n) is 5.51. The van der Waals surface area contributed by atoms with Crippen LogP contribution in [0, 0.1) is 6.92 Å². The minimum absolute atomic E-state index is 0.135. The van der Waals surface area contributed by atoms with Crippen molar-refractivity contribution < 1.29 is 4.79 Å². The van der Waals surface area contributed by atoms with Gasteiger partial charge in [-0.05, 0) is 41.8 Å². The number of aromatic nitrogens is 3. The van der Waals surface area contributed by atoms with Crippen LogP contribution in [0.4, 0.5) is 0 Å². The fourth-order valence-corrected chi connectivity index (χ4v) is 2.81. The molecular formula is C16H17BrN4O. The highest BCUT2D eigenvalue weighted by atomic mass is 79.9. The first-order chi connectivity index (χ1) is 10.5. The average molecular weight is 361 g/mol. The van der Waals surface area contributed by atoms with Crippen molar-refractivity contribution in [3.63, 3.8) is 0 Å². The molecule has 0 fully saturated rings. The van der Waals surface area contributed by atoms with Crippen LogP contribution in [0.2, 0.25) is 0 Å². The number of fused-ring (bicyclic) bond motifs is 1. The minimum atomic E-state index is -0.135. The lowest BCUT2D eigenvalue weighted by atomic mass is 10.1. The van der Waals surface area contributed by atoms with Gasteiger partial charge in [0.25, 0.3) is 5.91 Å². The van der Waals surface area contributed by atoms with Crippen LogP contribution in [0.15, 0.2) is 28.6 Å². The maximum Gasteiger partial charge on any atom is 0.253 e. The molecule has 2 aromatic rings. The van der Waals surface area contributed by atoms with Gasteiger partial charge >= 0.3 is 0 Å². The molecule has 0 saturated heterocycles. The van der Waals surface area contributed by atoms with Gasteiger partial charge in [0.05, 0.1) is 17.8 Å². The van der Waals surface area contributed by atoms with Gasteiger partial charge in [-0.15, -0.1) is 0 Å². The van der Waals surface area contributed by atoms with Gasteiger partial charge < -0.3 is 9.88 Å². The second-order valence-corrected chi connectivity index (χ2v) is 6.36. The van der Waals surface area contributed by atoms with Crippen molar-refractivity contribution in [2.45, 2.75) is 33.2 Å². The zero-order valence-electron chi connectivity index (χ0n) is 12.6. The molecule has 3 rings (SSSR count). The molecule has 0 unspecified atom stereocenters. The number of allylic oxidation sites excluding steroid dienone is 1. The van der Waals surface area contributed by atoms with Crippen LogP contribution < -0.4 is 5.32 Å². The Morgan fingerprint density at radius 2 is 2.18 bits per heavy atom. The Morgan fingerprint density at radius 3 is 3.00 bits per heavy atom. The third kappa shape index (κ3) is 2.97. The molecular weight excluding hydrogens is 344 g/mol. The van der Waals surface area contributed by atoms with Gasteiger partial charge in [0.15, 0.2) is 0 Å². The van der Waals surface area contributed by atoms with E-state index in [1.165, 1.54) is 5.57 Å². The molecule has 0 spiro atoms. The SMILES string of the molecule is CC1=Cn2cc(CNC(=O)c3cncc(Br)c3C)nc2CC1. The van der Waals surface area contributed by atoms with E-state index in [-0.39, 0.29) is 5.91 Å². The largest absolute Gasteiger partial charge is 0.346 e. The summed E-state index contributed by atoms with van der Waals surface area (Å²) >= 11 is 3.39. The minimum Gasteiger partial charge on any atom is -0.346 e. The van der Waals surface area contributed by atoms with E-state index >= 15 is 0 Å². The topological polar surface area (TPSA) is 59.8 Å². The smallest absolute Gasteiger partial charge is 0.253 e. The van der Waals surface area contributed by atoms with E-state index in [1.54, 1.807) is 12.4 Å². The monoisotopic (exact) mass is 360 g/mol. The fourth-order valence-electron chi connectivity index (χ4n) is 2.47. The van der Waals surface area contributed by atoms with Crippen LogP contribution in [-0.4, -0.2) is 20.4 Å². The van der Waals surface area contributed by atoms with Crippen molar-refractivity contribution in [3.05, 3.63) is 51.3 Å². The number of nitrogens with zero attached hydrogens (tertiary/aromatic N) is 3.